The highest BCUT2D eigenvalue weighted by Crippen LogP contribution is 2.48. The number of hydrogen-bond acceptors (Lipinski definition) is 3. The molecule has 0 aliphatic heterocycles. The summed E-state index contributed by atoms with van der Waals surface area (Å²) < 4.78 is 0.958. The number of nitrogens with one attached hydrogen (secondary N) is 1. The lowest BCUT2D eigenvalue weighted by atomic mass is 9.84. The zero-order valence-corrected chi connectivity index (χ0v) is 12.1. The molecule has 2 fully saturated rings. The smallest absolute Gasteiger partial charge is 0.308 e. The fourth-order valence-corrected chi connectivity index (χ4v) is 3.91. The van der Waals surface area contributed by atoms with Crippen LogP contribution in [0.2, 0.25) is 0 Å². The summed E-state index contributed by atoms with van der Waals surface area (Å²) in [5.74, 6) is 0.0436. The maximum atomic E-state index is 11.4. The van der Waals surface area contributed by atoms with E-state index in [-0.39, 0.29) is 12.0 Å². The summed E-state index contributed by atoms with van der Waals surface area (Å²) in [5.41, 5.74) is 0.954. The van der Waals surface area contributed by atoms with E-state index in [9.17, 15) is 9.90 Å². The molecule has 3 rings (SSSR count). The second-order valence-corrected chi connectivity index (χ2v) is 6.49. The zero-order valence-electron chi connectivity index (χ0n) is 10.6. The lowest BCUT2D eigenvalue weighted by molar-refractivity contribution is -0.144. The average Bonchev–Trinajstić information content (AvgIpc) is 2.98. The number of hydrogen-bond donors (Lipinski definition) is 2. The van der Waals surface area contributed by atoms with E-state index in [4.69, 9.17) is 0 Å². The van der Waals surface area contributed by atoms with Gasteiger partial charge in [-0.1, -0.05) is 0 Å². The number of aliphatic carboxylic acids is 1. The Hall–Kier alpha value is -0.940. The van der Waals surface area contributed by atoms with E-state index in [1.807, 2.05) is 12.1 Å². The maximum Gasteiger partial charge on any atom is 0.308 e. The predicted octanol–water partition coefficient (Wildman–Crippen LogP) is 2.43. The van der Waals surface area contributed by atoms with Gasteiger partial charge in [0.05, 0.1) is 11.6 Å². The van der Waals surface area contributed by atoms with Crippen molar-refractivity contribution in [1.82, 2.24) is 10.3 Å². The zero-order chi connectivity index (χ0) is 13.4. The van der Waals surface area contributed by atoms with E-state index >= 15 is 0 Å². The Morgan fingerprint density at radius 1 is 1.42 bits per heavy atom. The minimum absolute atomic E-state index is 0.113. The van der Waals surface area contributed by atoms with Gasteiger partial charge >= 0.3 is 5.97 Å². The summed E-state index contributed by atoms with van der Waals surface area (Å²) in [4.78, 5) is 15.7. The summed E-state index contributed by atoms with van der Waals surface area (Å²) in [5, 5.41) is 12.8. The first kappa shape index (κ1) is 13.1. The van der Waals surface area contributed by atoms with Crippen LogP contribution in [0.25, 0.3) is 0 Å². The van der Waals surface area contributed by atoms with Crippen LogP contribution in [-0.2, 0) is 11.3 Å². The molecule has 1 aromatic rings. The third kappa shape index (κ3) is 2.54. The van der Waals surface area contributed by atoms with Crippen LogP contribution in [0.15, 0.2) is 22.8 Å². The van der Waals surface area contributed by atoms with Crippen molar-refractivity contribution in [1.29, 1.82) is 0 Å². The highest BCUT2D eigenvalue weighted by molar-refractivity contribution is 9.10. The quantitative estimate of drug-likeness (QED) is 0.893. The molecule has 0 radical (unpaired) electrons. The van der Waals surface area contributed by atoms with Gasteiger partial charge in [-0.05, 0) is 59.2 Å². The van der Waals surface area contributed by atoms with Crippen molar-refractivity contribution < 1.29 is 9.90 Å². The van der Waals surface area contributed by atoms with Crippen molar-refractivity contribution in [3.63, 3.8) is 0 Å². The maximum absolute atomic E-state index is 11.4. The first-order valence-corrected chi connectivity index (χ1v) is 7.51. The standard InChI is InChI=1S/C14H17BrN2O2/c15-10-3-4-11(16-6-10)7-17-13-9-2-1-8(5-9)12(13)14(18)19/h3-4,6,8-9,12-13,17H,1-2,5,7H2,(H,18,19). The van der Waals surface area contributed by atoms with Crippen LogP contribution in [-0.4, -0.2) is 22.1 Å². The molecule has 2 bridgehead atoms. The van der Waals surface area contributed by atoms with Gasteiger partial charge in [-0.15, -0.1) is 0 Å². The molecule has 4 nitrogen and oxygen atoms in total. The van der Waals surface area contributed by atoms with Crippen molar-refractivity contribution in [2.75, 3.05) is 0 Å². The SMILES string of the molecule is O=C(O)C1C2CCC(C2)C1NCc1ccc(Br)cn1. The van der Waals surface area contributed by atoms with E-state index in [0.717, 1.165) is 23.0 Å². The van der Waals surface area contributed by atoms with E-state index in [1.165, 1.54) is 6.42 Å². The molecule has 0 amide bonds. The van der Waals surface area contributed by atoms with Gasteiger partial charge < -0.3 is 10.4 Å². The van der Waals surface area contributed by atoms with Crippen molar-refractivity contribution in [2.24, 2.45) is 17.8 Å². The van der Waals surface area contributed by atoms with Crippen LogP contribution < -0.4 is 5.32 Å². The minimum atomic E-state index is -0.645. The third-order valence-electron chi connectivity index (χ3n) is 4.51. The molecule has 4 unspecified atom stereocenters. The monoisotopic (exact) mass is 324 g/mol. The fraction of sp³-hybridized carbons (Fsp3) is 0.571. The third-order valence-corrected chi connectivity index (χ3v) is 4.98. The van der Waals surface area contributed by atoms with E-state index in [0.29, 0.717) is 18.4 Å². The highest BCUT2D eigenvalue weighted by Gasteiger charge is 2.50. The van der Waals surface area contributed by atoms with Gasteiger partial charge in [-0.2, -0.15) is 0 Å². The number of carboxylic acid groups (broad SMARTS) is 1. The normalized spacial score (nSPS) is 32.7. The Balaban J connectivity index is 1.65. The van der Waals surface area contributed by atoms with Crippen LogP contribution in [0.3, 0.4) is 0 Å². The van der Waals surface area contributed by atoms with Gasteiger partial charge in [0.15, 0.2) is 0 Å². The number of rotatable bonds is 4. The summed E-state index contributed by atoms with van der Waals surface area (Å²) >= 11 is 3.36. The highest BCUT2D eigenvalue weighted by atomic mass is 79.9. The van der Waals surface area contributed by atoms with Crippen molar-refractivity contribution >= 4 is 21.9 Å². The van der Waals surface area contributed by atoms with Crippen LogP contribution in [0, 0.1) is 17.8 Å². The van der Waals surface area contributed by atoms with Crippen LogP contribution in [0.4, 0.5) is 0 Å². The summed E-state index contributed by atoms with van der Waals surface area (Å²) in [6, 6.07) is 4.03. The van der Waals surface area contributed by atoms with Crippen molar-refractivity contribution in [3.05, 3.63) is 28.5 Å². The topological polar surface area (TPSA) is 62.2 Å². The number of nitrogens with zero attached hydrogens (tertiary/aromatic N) is 1. The molecule has 2 N–H and O–H groups in total. The first-order chi connectivity index (χ1) is 9.15. The van der Waals surface area contributed by atoms with Crippen LogP contribution >= 0.6 is 15.9 Å². The predicted molar refractivity (Wildman–Crippen MR) is 74.5 cm³/mol. The molecular formula is C14H17BrN2O2. The van der Waals surface area contributed by atoms with Crippen LogP contribution in [0.5, 0.6) is 0 Å². The Labute approximate surface area is 120 Å². The van der Waals surface area contributed by atoms with Gasteiger partial charge in [0.1, 0.15) is 0 Å². The molecule has 2 saturated carbocycles. The van der Waals surface area contributed by atoms with Crippen molar-refractivity contribution in [3.8, 4) is 0 Å². The first-order valence-electron chi connectivity index (χ1n) is 6.72. The Morgan fingerprint density at radius 2 is 2.21 bits per heavy atom. The second-order valence-electron chi connectivity index (χ2n) is 5.57. The molecule has 1 aromatic heterocycles. The summed E-state index contributed by atoms with van der Waals surface area (Å²) in [6.07, 6.45) is 5.09. The van der Waals surface area contributed by atoms with Gasteiger partial charge in [-0.3, -0.25) is 9.78 Å². The lowest BCUT2D eigenvalue weighted by Gasteiger charge is -2.28. The number of fused-ring (bicyclic) bond motifs is 2. The number of halogens is 1. The lowest BCUT2D eigenvalue weighted by Crippen LogP contribution is -2.43. The molecule has 19 heavy (non-hydrogen) atoms. The Kier molecular flexibility index (Phi) is 3.58. The molecule has 5 heteroatoms. The number of carbonyl (C=O) groups is 1. The minimum Gasteiger partial charge on any atom is -0.481 e. The average molecular weight is 325 g/mol. The van der Waals surface area contributed by atoms with E-state index in [1.54, 1.807) is 6.20 Å². The molecule has 0 spiro atoms. The van der Waals surface area contributed by atoms with E-state index < -0.39 is 5.97 Å². The molecule has 4 atom stereocenters. The largest absolute Gasteiger partial charge is 0.481 e. The fourth-order valence-electron chi connectivity index (χ4n) is 3.67. The number of aromatic nitrogens is 1. The molecule has 102 valence electrons. The molecule has 1 heterocycles. The summed E-state index contributed by atoms with van der Waals surface area (Å²) in [6.45, 7) is 0.644. The van der Waals surface area contributed by atoms with Gasteiger partial charge in [0.2, 0.25) is 0 Å². The van der Waals surface area contributed by atoms with Gasteiger partial charge in [0, 0.05) is 23.3 Å². The Bertz CT molecular complexity index is 477. The van der Waals surface area contributed by atoms with Crippen LogP contribution in [0.1, 0.15) is 25.0 Å². The van der Waals surface area contributed by atoms with Crippen molar-refractivity contribution in [2.45, 2.75) is 31.8 Å². The number of pyridine rings is 1. The summed E-state index contributed by atoms with van der Waals surface area (Å²) in [7, 11) is 0. The van der Waals surface area contributed by atoms with E-state index in [2.05, 4.69) is 26.2 Å². The second kappa shape index (κ2) is 5.21. The molecule has 0 aromatic carbocycles. The molecule has 0 saturated heterocycles. The molecular weight excluding hydrogens is 308 g/mol. The van der Waals surface area contributed by atoms with Gasteiger partial charge in [-0.25, -0.2) is 0 Å². The number of carboxylic acids is 1. The molecule has 2 aliphatic carbocycles. The molecule has 2 aliphatic rings. The Morgan fingerprint density at radius 3 is 2.89 bits per heavy atom. The van der Waals surface area contributed by atoms with Gasteiger partial charge in [0.25, 0.3) is 0 Å².